The third-order valence-electron chi connectivity index (χ3n) is 7.90. The van der Waals surface area contributed by atoms with E-state index >= 15 is 0 Å². The Bertz CT molecular complexity index is 1420. The van der Waals surface area contributed by atoms with Crippen molar-refractivity contribution in [2.75, 3.05) is 39.0 Å². The van der Waals surface area contributed by atoms with Gasteiger partial charge in [-0.1, -0.05) is 12.1 Å². The summed E-state index contributed by atoms with van der Waals surface area (Å²) in [5.41, 5.74) is 9.19. The molecule has 5 rings (SSSR count). The molecule has 2 saturated heterocycles. The summed E-state index contributed by atoms with van der Waals surface area (Å²) in [7, 11) is 1.59. The smallest absolute Gasteiger partial charge is 0.272 e. The predicted molar refractivity (Wildman–Crippen MR) is 158 cm³/mol. The first-order valence-electron chi connectivity index (χ1n) is 14.3. The number of nitrogens with two attached hydrogens (primary N) is 1. The number of nitrogens with zero attached hydrogens (tertiary/aromatic N) is 4. The lowest BCUT2D eigenvalue weighted by Gasteiger charge is -2.32. The molecule has 3 N–H and O–H groups in total. The van der Waals surface area contributed by atoms with Gasteiger partial charge >= 0.3 is 0 Å². The Morgan fingerprint density at radius 1 is 1.02 bits per heavy atom. The van der Waals surface area contributed by atoms with Gasteiger partial charge in [-0.2, -0.15) is 5.26 Å². The number of rotatable bonds is 8. The maximum Gasteiger partial charge on any atom is 0.272 e. The molecule has 10 heteroatoms. The number of aromatic nitrogens is 1. The van der Waals surface area contributed by atoms with E-state index < -0.39 is 0 Å². The van der Waals surface area contributed by atoms with Crippen LogP contribution in [0.15, 0.2) is 60.8 Å². The number of benzene rings is 2. The fraction of sp³-hybridized carbons (Fsp3) is 0.375. The first-order chi connectivity index (χ1) is 20.4. The first-order valence-corrected chi connectivity index (χ1v) is 14.3. The number of carbonyl (C=O) groups is 2. The lowest BCUT2D eigenvalue weighted by molar-refractivity contribution is 0.0590. The number of methoxy groups -OCH3 is 1. The van der Waals surface area contributed by atoms with Crippen LogP contribution in [-0.4, -0.2) is 72.0 Å². The standard InChI is InChI=1S/C32H36N6O4/c1-41-27-7-9-30(28(34)18-27)42-26-12-16-38(17-13-26)32(40)29-8-6-24(20-35-29)31(39)36-25-10-14-37(15-11-25)21-23-4-2-22(19-33)3-5-23/h2-9,18,20,25-26H,10-17,21,34H2,1H3,(H,36,39). The zero-order valence-corrected chi connectivity index (χ0v) is 23.8. The molecule has 10 nitrogen and oxygen atoms in total. The molecule has 0 bridgehead atoms. The monoisotopic (exact) mass is 568 g/mol. The molecule has 42 heavy (non-hydrogen) atoms. The van der Waals surface area contributed by atoms with Gasteiger partial charge in [0.25, 0.3) is 11.8 Å². The number of nitrogen functional groups attached to an aromatic ring is 1. The average Bonchev–Trinajstić information content (AvgIpc) is 3.03. The first kappa shape index (κ1) is 28.9. The summed E-state index contributed by atoms with van der Waals surface area (Å²) >= 11 is 0. The Morgan fingerprint density at radius 2 is 1.76 bits per heavy atom. The van der Waals surface area contributed by atoms with Crippen LogP contribution in [0, 0.1) is 11.3 Å². The molecule has 2 aliphatic rings. The van der Waals surface area contributed by atoms with Gasteiger partial charge in [-0.15, -0.1) is 0 Å². The fourth-order valence-electron chi connectivity index (χ4n) is 5.38. The molecular formula is C32H36N6O4. The van der Waals surface area contributed by atoms with Crippen molar-refractivity contribution >= 4 is 17.5 Å². The van der Waals surface area contributed by atoms with E-state index in [2.05, 4.69) is 21.3 Å². The molecule has 0 unspecified atom stereocenters. The van der Waals surface area contributed by atoms with Crippen molar-refractivity contribution in [2.45, 2.75) is 44.4 Å². The van der Waals surface area contributed by atoms with Crippen molar-refractivity contribution in [3.63, 3.8) is 0 Å². The van der Waals surface area contributed by atoms with Crippen molar-refractivity contribution in [1.29, 1.82) is 5.26 Å². The molecule has 2 aromatic carbocycles. The van der Waals surface area contributed by atoms with Crippen LogP contribution in [-0.2, 0) is 6.54 Å². The SMILES string of the molecule is COc1ccc(OC2CCN(C(=O)c3ccc(C(=O)NC4CCN(Cc5ccc(C#N)cc5)CC4)cn3)CC2)c(N)c1. The van der Waals surface area contributed by atoms with E-state index in [1.165, 1.54) is 11.8 Å². The molecule has 0 radical (unpaired) electrons. The molecule has 218 valence electrons. The summed E-state index contributed by atoms with van der Waals surface area (Å²) in [5.74, 6) is 0.959. The Balaban J connectivity index is 1.05. The van der Waals surface area contributed by atoms with Gasteiger partial charge < -0.3 is 25.4 Å². The lowest BCUT2D eigenvalue weighted by Crippen LogP contribution is -2.44. The van der Waals surface area contributed by atoms with E-state index in [4.69, 9.17) is 20.5 Å². The molecule has 2 fully saturated rings. The molecule has 0 spiro atoms. The van der Waals surface area contributed by atoms with E-state index in [0.717, 1.165) is 32.5 Å². The molecule has 0 atom stereocenters. The zero-order valence-electron chi connectivity index (χ0n) is 23.8. The topological polar surface area (TPSA) is 134 Å². The van der Waals surface area contributed by atoms with Gasteiger partial charge in [-0.25, -0.2) is 0 Å². The van der Waals surface area contributed by atoms with E-state index in [1.54, 1.807) is 36.3 Å². The Hall–Kier alpha value is -4.62. The normalized spacial score (nSPS) is 16.4. The Morgan fingerprint density at radius 3 is 2.38 bits per heavy atom. The summed E-state index contributed by atoms with van der Waals surface area (Å²) in [6.07, 6.45) is 4.53. The summed E-state index contributed by atoms with van der Waals surface area (Å²) in [4.78, 5) is 34.3. The minimum absolute atomic E-state index is 0.0355. The van der Waals surface area contributed by atoms with Crippen LogP contribution in [0.4, 0.5) is 5.69 Å². The van der Waals surface area contributed by atoms with Crippen LogP contribution >= 0.6 is 0 Å². The third kappa shape index (κ3) is 7.17. The molecule has 2 aliphatic heterocycles. The number of nitrogens with one attached hydrogen (secondary N) is 1. The maximum atomic E-state index is 13.1. The summed E-state index contributed by atoms with van der Waals surface area (Å²) in [6.45, 7) is 3.69. The summed E-state index contributed by atoms with van der Waals surface area (Å²) < 4.78 is 11.3. The molecule has 3 heterocycles. The number of piperidine rings is 2. The second-order valence-electron chi connectivity index (χ2n) is 10.8. The maximum absolute atomic E-state index is 13.1. The van der Waals surface area contributed by atoms with E-state index in [1.807, 2.05) is 30.3 Å². The van der Waals surface area contributed by atoms with Crippen LogP contribution in [0.5, 0.6) is 11.5 Å². The van der Waals surface area contributed by atoms with Crippen LogP contribution < -0.4 is 20.5 Å². The number of nitriles is 1. The average molecular weight is 569 g/mol. The van der Waals surface area contributed by atoms with Crippen LogP contribution in [0.25, 0.3) is 0 Å². The quantitative estimate of drug-likeness (QED) is 0.394. The number of hydrogen-bond acceptors (Lipinski definition) is 8. The van der Waals surface area contributed by atoms with Gasteiger partial charge in [0.05, 0.1) is 30.0 Å². The highest BCUT2D eigenvalue weighted by Gasteiger charge is 2.26. The fourth-order valence-corrected chi connectivity index (χ4v) is 5.38. The van der Waals surface area contributed by atoms with E-state index in [0.29, 0.717) is 59.9 Å². The van der Waals surface area contributed by atoms with Gasteiger partial charge in [0, 0.05) is 63.9 Å². The molecule has 1 aromatic heterocycles. The minimum atomic E-state index is -0.178. The van der Waals surface area contributed by atoms with Crippen molar-refractivity contribution in [3.05, 3.63) is 83.2 Å². The zero-order chi connectivity index (χ0) is 29.5. The Kier molecular flexibility index (Phi) is 9.19. The second kappa shape index (κ2) is 13.4. The number of pyridine rings is 1. The van der Waals surface area contributed by atoms with Crippen LogP contribution in [0.1, 0.15) is 57.7 Å². The second-order valence-corrected chi connectivity index (χ2v) is 10.8. The van der Waals surface area contributed by atoms with E-state index in [9.17, 15) is 9.59 Å². The van der Waals surface area contributed by atoms with Crippen molar-refractivity contribution in [3.8, 4) is 17.6 Å². The van der Waals surface area contributed by atoms with Crippen LogP contribution in [0.2, 0.25) is 0 Å². The summed E-state index contributed by atoms with van der Waals surface area (Å²) in [5, 5.41) is 12.1. The molecule has 0 saturated carbocycles. The number of carbonyl (C=O) groups excluding carboxylic acids is 2. The van der Waals surface area contributed by atoms with E-state index in [-0.39, 0.29) is 24.0 Å². The van der Waals surface area contributed by atoms with Crippen LogP contribution in [0.3, 0.4) is 0 Å². The Labute approximate surface area is 246 Å². The number of ether oxygens (including phenoxy) is 2. The van der Waals surface area contributed by atoms with Gasteiger partial charge in [-0.3, -0.25) is 19.5 Å². The number of likely N-dealkylation sites (tertiary alicyclic amines) is 2. The highest BCUT2D eigenvalue weighted by molar-refractivity contribution is 5.96. The van der Waals surface area contributed by atoms with Crippen molar-refractivity contribution in [1.82, 2.24) is 20.1 Å². The number of anilines is 1. The highest BCUT2D eigenvalue weighted by Crippen LogP contribution is 2.29. The summed E-state index contributed by atoms with van der Waals surface area (Å²) in [6, 6.07) is 18.5. The van der Waals surface area contributed by atoms with Crippen molar-refractivity contribution in [2.24, 2.45) is 0 Å². The molecule has 2 amide bonds. The van der Waals surface area contributed by atoms with Gasteiger partial charge in [-0.05, 0) is 54.8 Å². The third-order valence-corrected chi connectivity index (χ3v) is 7.90. The lowest BCUT2D eigenvalue weighted by atomic mass is 10.0. The molecular weight excluding hydrogens is 532 g/mol. The van der Waals surface area contributed by atoms with Gasteiger partial charge in [0.15, 0.2) is 0 Å². The van der Waals surface area contributed by atoms with Gasteiger partial charge in [0.2, 0.25) is 0 Å². The number of hydrogen-bond donors (Lipinski definition) is 2. The largest absolute Gasteiger partial charge is 0.497 e. The van der Waals surface area contributed by atoms with Gasteiger partial charge in [0.1, 0.15) is 23.3 Å². The number of amides is 2. The molecule has 0 aliphatic carbocycles. The predicted octanol–water partition coefficient (Wildman–Crippen LogP) is 3.62. The molecule has 3 aromatic rings. The minimum Gasteiger partial charge on any atom is -0.497 e. The van der Waals surface area contributed by atoms with Crippen molar-refractivity contribution < 1.29 is 19.1 Å². The highest BCUT2D eigenvalue weighted by atomic mass is 16.5.